The Morgan fingerprint density at radius 3 is 2.42 bits per heavy atom. The topological polar surface area (TPSA) is 59.0 Å². The standard InChI is InChI=1S/C14H17NO4/c16-12-4-2-1-3-11(12)13(17)15-7-5-14(6-8-15)18-9-10-19-14/h1-4,16H,5-10H2. The highest BCUT2D eigenvalue weighted by Crippen LogP contribution is 2.32. The summed E-state index contributed by atoms with van der Waals surface area (Å²) in [5, 5.41) is 9.72. The van der Waals surface area contributed by atoms with E-state index in [4.69, 9.17) is 9.47 Å². The zero-order chi connectivity index (χ0) is 13.3. The number of piperidine rings is 1. The van der Waals surface area contributed by atoms with Crippen molar-refractivity contribution in [3.05, 3.63) is 29.8 Å². The number of rotatable bonds is 1. The molecule has 2 heterocycles. The van der Waals surface area contributed by atoms with Crippen molar-refractivity contribution < 1.29 is 19.4 Å². The van der Waals surface area contributed by atoms with Gasteiger partial charge in [0, 0.05) is 25.9 Å². The van der Waals surface area contributed by atoms with E-state index in [-0.39, 0.29) is 11.7 Å². The number of aromatic hydroxyl groups is 1. The van der Waals surface area contributed by atoms with Crippen LogP contribution in [0.4, 0.5) is 0 Å². The number of ether oxygens (including phenoxy) is 2. The summed E-state index contributed by atoms with van der Waals surface area (Å²) in [6, 6.07) is 6.63. The second kappa shape index (κ2) is 4.83. The lowest BCUT2D eigenvalue weighted by atomic mass is 10.0. The molecule has 1 amide bonds. The summed E-state index contributed by atoms with van der Waals surface area (Å²) in [4.78, 5) is 14.0. The highest BCUT2D eigenvalue weighted by molar-refractivity contribution is 5.96. The monoisotopic (exact) mass is 263 g/mol. The molecule has 2 aliphatic rings. The van der Waals surface area contributed by atoms with E-state index >= 15 is 0 Å². The van der Waals surface area contributed by atoms with Crippen LogP contribution in [0.15, 0.2) is 24.3 Å². The van der Waals surface area contributed by atoms with E-state index in [1.807, 2.05) is 0 Å². The Labute approximate surface area is 111 Å². The minimum absolute atomic E-state index is 0.0288. The molecule has 2 aliphatic heterocycles. The molecule has 0 aliphatic carbocycles. The molecule has 0 atom stereocenters. The van der Waals surface area contributed by atoms with Crippen molar-refractivity contribution in [1.82, 2.24) is 4.90 Å². The van der Waals surface area contributed by atoms with Gasteiger partial charge in [-0.25, -0.2) is 0 Å². The molecule has 0 saturated carbocycles. The van der Waals surface area contributed by atoms with Crippen LogP contribution in [0, 0.1) is 0 Å². The maximum Gasteiger partial charge on any atom is 0.257 e. The highest BCUT2D eigenvalue weighted by atomic mass is 16.7. The van der Waals surface area contributed by atoms with E-state index in [0.29, 0.717) is 44.7 Å². The van der Waals surface area contributed by atoms with Gasteiger partial charge in [0.2, 0.25) is 0 Å². The molecular formula is C14H17NO4. The SMILES string of the molecule is O=C(c1ccccc1O)N1CCC2(CC1)OCCO2. The Bertz CT molecular complexity index is 472. The van der Waals surface area contributed by atoms with Gasteiger partial charge in [0.05, 0.1) is 18.8 Å². The fraction of sp³-hybridized carbons (Fsp3) is 0.500. The molecule has 5 heteroatoms. The number of carbonyl (C=O) groups excluding carboxylic acids is 1. The van der Waals surface area contributed by atoms with Crippen LogP contribution in [-0.2, 0) is 9.47 Å². The number of amides is 1. The molecule has 1 aromatic carbocycles. The lowest BCUT2D eigenvalue weighted by molar-refractivity contribution is -0.181. The van der Waals surface area contributed by atoms with Gasteiger partial charge in [-0.15, -0.1) is 0 Å². The van der Waals surface area contributed by atoms with Crippen molar-refractivity contribution >= 4 is 5.91 Å². The van der Waals surface area contributed by atoms with E-state index in [9.17, 15) is 9.90 Å². The van der Waals surface area contributed by atoms with Crippen LogP contribution >= 0.6 is 0 Å². The molecular weight excluding hydrogens is 246 g/mol. The van der Waals surface area contributed by atoms with Crippen LogP contribution in [0.5, 0.6) is 5.75 Å². The number of benzene rings is 1. The van der Waals surface area contributed by atoms with Crippen LogP contribution in [0.1, 0.15) is 23.2 Å². The summed E-state index contributed by atoms with van der Waals surface area (Å²) in [7, 11) is 0. The number of likely N-dealkylation sites (tertiary alicyclic amines) is 1. The first kappa shape index (κ1) is 12.4. The molecule has 1 spiro atoms. The number of hydrogen-bond donors (Lipinski definition) is 1. The third-order valence-electron chi connectivity index (χ3n) is 3.76. The molecule has 19 heavy (non-hydrogen) atoms. The van der Waals surface area contributed by atoms with Crippen molar-refractivity contribution in [2.45, 2.75) is 18.6 Å². The Morgan fingerprint density at radius 1 is 1.16 bits per heavy atom. The van der Waals surface area contributed by atoms with E-state index in [1.165, 1.54) is 6.07 Å². The molecule has 102 valence electrons. The summed E-state index contributed by atoms with van der Waals surface area (Å²) in [5.74, 6) is -0.581. The lowest BCUT2D eigenvalue weighted by Crippen LogP contribution is -2.47. The number of carbonyl (C=O) groups is 1. The average molecular weight is 263 g/mol. The molecule has 2 fully saturated rings. The van der Waals surface area contributed by atoms with Gasteiger partial charge in [-0.3, -0.25) is 4.79 Å². The van der Waals surface area contributed by atoms with Gasteiger partial charge in [0.15, 0.2) is 5.79 Å². The maximum absolute atomic E-state index is 12.3. The molecule has 1 N–H and O–H groups in total. The van der Waals surface area contributed by atoms with Gasteiger partial charge in [0.25, 0.3) is 5.91 Å². The third kappa shape index (κ3) is 2.31. The van der Waals surface area contributed by atoms with Gasteiger partial charge in [0.1, 0.15) is 5.75 Å². The van der Waals surface area contributed by atoms with Crippen LogP contribution in [0.2, 0.25) is 0 Å². The normalized spacial score (nSPS) is 21.8. The highest BCUT2D eigenvalue weighted by Gasteiger charge is 2.41. The van der Waals surface area contributed by atoms with Crippen LogP contribution < -0.4 is 0 Å². The van der Waals surface area contributed by atoms with Crippen molar-refractivity contribution in [3.8, 4) is 5.75 Å². The quantitative estimate of drug-likeness (QED) is 0.831. The third-order valence-corrected chi connectivity index (χ3v) is 3.76. The van der Waals surface area contributed by atoms with E-state index < -0.39 is 5.79 Å². The van der Waals surface area contributed by atoms with Crippen molar-refractivity contribution in [2.24, 2.45) is 0 Å². The Balaban J connectivity index is 1.68. The molecule has 0 radical (unpaired) electrons. The van der Waals surface area contributed by atoms with E-state index in [2.05, 4.69) is 0 Å². The number of para-hydroxylation sites is 1. The molecule has 2 saturated heterocycles. The first-order valence-electron chi connectivity index (χ1n) is 6.55. The van der Waals surface area contributed by atoms with Crippen LogP contribution in [0.3, 0.4) is 0 Å². The first-order chi connectivity index (χ1) is 9.20. The van der Waals surface area contributed by atoms with Gasteiger partial charge >= 0.3 is 0 Å². The van der Waals surface area contributed by atoms with Gasteiger partial charge in [-0.1, -0.05) is 12.1 Å². The lowest BCUT2D eigenvalue weighted by Gasteiger charge is -2.37. The van der Waals surface area contributed by atoms with E-state index in [0.717, 1.165) is 0 Å². The van der Waals surface area contributed by atoms with Crippen molar-refractivity contribution in [3.63, 3.8) is 0 Å². The maximum atomic E-state index is 12.3. The number of phenolic OH excluding ortho intramolecular Hbond substituents is 1. The Morgan fingerprint density at radius 2 is 1.79 bits per heavy atom. The molecule has 0 aromatic heterocycles. The minimum Gasteiger partial charge on any atom is -0.507 e. The fourth-order valence-corrected chi connectivity index (χ4v) is 2.66. The molecule has 5 nitrogen and oxygen atoms in total. The van der Waals surface area contributed by atoms with Gasteiger partial charge in [-0.2, -0.15) is 0 Å². The van der Waals surface area contributed by atoms with Crippen LogP contribution in [0.25, 0.3) is 0 Å². The number of hydrogen-bond acceptors (Lipinski definition) is 4. The predicted molar refractivity (Wildman–Crippen MR) is 67.9 cm³/mol. The Kier molecular flexibility index (Phi) is 3.16. The summed E-state index contributed by atoms with van der Waals surface area (Å²) < 4.78 is 11.3. The fourth-order valence-electron chi connectivity index (χ4n) is 2.66. The van der Waals surface area contributed by atoms with Crippen molar-refractivity contribution in [1.29, 1.82) is 0 Å². The average Bonchev–Trinajstić information content (AvgIpc) is 2.88. The molecule has 0 unspecified atom stereocenters. The van der Waals surface area contributed by atoms with Crippen molar-refractivity contribution in [2.75, 3.05) is 26.3 Å². The summed E-state index contributed by atoms with van der Waals surface area (Å²) >= 11 is 0. The van der Waals surface area contributed by atoms with E-state index in [1.54, 1.807) is 23.1 Å². The predicted octanol–water partition coefficient (Wildman–Crippen LogP) is 1.37. The smallest absolute Gasteiger partial charge is 0.257 e. The van der Waals surface area contributed by atoms with Gasteiger partial charge in [-0.05, 0) is 12.1 Å². The molecule has 1 aromatic rings. The Hall–Kier alpha value is -1.59. The summed E-state index contributed by atoms with van der Waals surface area (Å²) in [6.45, 7) is 2.45. The number of phenols is 1. The summed E-state index contributed by atoms with van der Waals surface area (Å²) in [6.07, 6.45) is 1.37. The minimum atomic E-state index is -0.477. The molecule has 3 rings (SSSR count). The largest absolute Gasteiger partial charge is 0.507 e. The second-order valence-electron chi connectivity index (χ2n) is 4.92. The zero-order valence-electron chi connectivity index (χ0n) is 10.7. The van der Waals surface area contributed by atoms with Crippen LogP contribution in [-0.4, -0.2) is 48.0 Å². The van der Waals surface area contributed by atoms with Gasteiger partial charge < -0.3 is 19.5 Å². The second-order valence-corrected chi connectivity index (χ2v) is 4.92. The zero-order valence-corrected chi connectivity index (χ0v) is 10.7. The molecule has 0 bridgehead atoms. The first-order valence-corrected chi connectivity index (χ1v) is 6.55. The number of nitrogens with zero attached hydrogens (tertiary/aromatic N) is 1. The summed E-state index contributed by atoms with van der Waals surface area (Å²) in [5.41, 5.74) is 0.353.